The molecule has 0 aromatic carbocycles. The molecule has 1 N–H and O–H groups in total. The van der Waals surface area contributed by atoms with Gasteiger partial charge in [-0.3, -0.25) is 9.69 Å². The first kappa shape index (κ1) is 13.6. The molecule has 20 heavy (non-hydrogen) atoms. The van der Waals surface area contributed by atoms with E-state index in [1.165, 1.54) is 25.7 Å². The summed E-state index contributed by atoms with van der Waals surface area (Å²) in [5, 5.41) is 9.46. The predicted octanol–water partition coefficient (Wildman–Crippen LogP) is 1.99. The van der Waals surface area contributed by atoms with Crippen LogP contribution in [0.2, 0.25) is 0 Å². The summed E-state index contributed by atoms with van der Waals surface area (Å²) in [5.74, 6) is -0.0277. The van der Waals surface area contributed by atoms with Gasteiger partial charge in [0.15, 0.2) is 0 Å². The number of carboxylic acid groups (broad SMARTS) is 1. The number of fused-ring (bicyclic) bond motifs is 1. The summed E-state index contributed by atoms with van der Waals surface area (Å²) in [5.41, 5.74) is 0. The van der Waals surface area contributed by atoms with Gasteiger partial charge in [-0.25, -0.2) is 4.98 Å². The first-order valence-electron chi connectivity index (χ1n) is 7.70. The molecule has 1 aromatic rings. The topological polar surface area (TPSA) is 58.4 Å². The summed E-state index contributed by atoms with van der Waals surface area (Å²) in [7, 11) is 0. The zero-order chi connectivity index (χ0) is 13.9. The summed E-state index contributed by atoms with van der Waals surface area (Å²) < 4.78 is 2.06. The average Bonchev–Trinajstić information content (AvgIpc) is 3.07. The molecule has 0 bridgehead atoms. The molecule has 3 atom stereocenters. The van der Waals surface area contributed by atoms with Gasteiger partial charge in [0.1, 0.15) is 6.04 Å². The van der Waals surface area contributed by atoms with Crippen LogP contribution in [0.25, 0.3) is 0 Å². The highest BCUT2D eigenvalue weighted by Crippen LogP contribution is 2.39. The summed E-state index contributed by atoms with van der Waals surface area (Å²) in [6, 6.07) is 0.249. The lowest BCUT2D eigenvalue weighted by atomic mass is 9.85. The molecule has 3 unspecified atom stereocenters. The predicted molar refractivity (Wildman–Crippen MR) is 75.3 cm³/mol. The molecule has 1 aromatic heterocycles. The van der Waals surface area contributed by atoms with Crippen molar-refractivity contribution in [3.05, 3.63) is 18.7 Å². The lowest BCUT2D eigenvalue weighted by molar-refractivity contribution is -0.142. The molecule has 0 radical (unpaired) electrons. The van der Waals surface area contributed by atoms with Crippen LogP contribution in [0.5, 0.6) is 0 Å². The molecule has 1 saturated heterocycles. The number of carboxylic acids is 1. The second-order valence-electron chi connectivity index (χ2n) is 6.09. The molecule has 1 aliphatic heterocycles. The Balaban J connectivity index is 1.60. The summed E-state index contributed by atoms with van der Waals surface area (Å²) in [4.78, 5) is 17.8. The van der Waals surface area contributed by atoms with E-state index >= 15 is 0 Å². The van der Waals surface area contributed by atoms with Gasteiger partial charge in [-0.1, -0.05) is 12.8 Å². The fourth-order valence-electron chi connectivity index (χ4n) is 3.97. The van der Waals surface area contributed by atoms with Gasteiger partial charge >= 0.3 is 5.97 Å². The lowest BCUT2D eigenvalue weighted by Crippen LogP contribution is -2.43. The molecule has 0 spiro atoms. The highest BCUT2D eigenvalue weighted by molar-refractivity contribution is 5.74. The van der Waals surface area contributed by atoms with Crippen molar-refractivity contribution in [1.82, 2.24) is 14.5 Å². The number of imidazole rings is 1. The van der Waals surface area contributed by atoms with Crippen LogP contribution < -0.4 is 0 Å². The number of aliphatic carboxylic acids is 1. The van der Waals surface area contributed by atoms with E-state index in [9.17, 15) is 9.90 Å². The molecule has 0 amide bonds. The van der Waals surface area contributed by atoms with E-state index < -0.39 is 5.97 Å². The van der Waals surface area contributed by atoms with Crippen molar-refractivity contribution < 1.29 is 9.90 Å². The van der Waals surface area contributed by atoms with Gasteiger partial charge in [-0.2, -0.15) is 0 Å². The Hall–Kier alpha value is -1.36. The van der Waals surface area contributed by atoms with E-state index in [0.29, 0.717) is 12.0 Å². The minimum atomic E-state index is -0.637. The van der Waals surface area contributed by atoms with Crippen molar-refractivity contribution in [2.75, 3.05) is 6.54 Å². The van der Waals surface area contributed by atoms with Crippen LogP contribution in [-0.4, -0.2) is 44.2 Å². The Morgan fingerprint density at radius 3 is 2.90 bits per heavy atom. The molecule has 110 valence electrons. The van der Waals surface area contributed by atoms with Crippen LogP contribution in [0, 0.1) is 5.92 Å². The molecule has 2 aliphatic rings. The minimum Gasteiger partial charge on any atom is -0.480 e. The summed E-state index contributed by atoms with van der Waals surface area (Å²) in [6.07, 6.45) is 12.3. The molecule has 1 saturated carbocycles. The Bertz CT molecular complexity index is 446. The standard InChI is InChI=1S/C15H23N3O2/c19-15(20)14-10-12-4-1-2-5-13(12)18(14)8-3-7-17-9-6-16-11-17/h6,9,11-14H,1-5,7-8,10H2,(H,19,20). The third-order valence-electron chi connectivity index (χ3n) is 4.90. The van der Waals surface area contributed by atoms with E-state index in [1.54, 1.807) is 6.20 Å². The van der Waals surface area contributed by atoms with Crippen LogP contribution in [0.1, 0.15) is 38.5 Å². The van der Waals surface area contributed by atoms with Gasteiger partial charge in [0.2, 0.25) is 0 Å². The Kier molecular flexibility index (Phi) is 4.05. The van der Waals surface area contributed by atoms with Gasteiger partial charge in [0, 0.05) is 31.5 Å². The zero-order valence-electron chi connectivity index (χ0n) is 11.8. The average molecular weight is 277 g/mol. The fourth-order valence-corrected chi connectivity index (χ4v) is 3.97. The van der Waals surface area contributed by atoms with Crippen molar-refractivity contribution in [2.45, 2.75) is 57.2 Å². The zero-order valence-corrected chi connectivity index (χ0v) is 11.8. The van der Waals surface area contributed by atoms with Crippen LogP contribution in [0.15, 0.2) is 18.7 Å². The minimum absolute atomic E-state index is 0.258. The molecule has 1 aliphatic carbocycles. The number of hydrogen-bond acceptors (Lipinski definition) is 3. The first-order chi connectivity index (χ1) is 9.75. The van der Waals surface area contributed by atoms with E-state index in [2.05, 4.69) is 14.5 Å². The van der Waals surface area contributed by atoms with E-state index in [1.807, 2.05) is 12.5 Å². The van der Waals surface area contributed by atoms with Crippen molar-refractivity contribution in [3.8, 4) is 0 Å². The summed E-state index contributed by atoms with van der Waals surface area (Å²) in [6.45, 7) is 1.80. The van der Waals surface area contributed by atoms with E-state index in [4.69, 9.17) is 0 Å². The maximum atomic E-state index is 11.5. The van der Waals surface area contributed by atoms with Gasteiger partial charge in [-0.15, -0.1) is 0 Å². The van der Waals surface area contributed by atoms with Crippen molar-refractivity contribution >= 4 is 5.97 Å². The fraction of sp³-hybridized carbons (Fsp3) is 0.733. The van der Waals surface area contributed by atoms with E-state index in [0.717, 1.165) is 25.9 Å². The van der Waals surface area contributed by atoms with Crippen LogP contribution in [0.3, 0.4) is 0 Å². The molecule has 3 rings (SSSR count). The van der Waals surface area contributed by atoms with Crippen LogP contribution in [-0.2, 0) is 11.3 Å². The summed E-state index contributed by atoms with van der Waals surface area (Å²) >= 11 is 0. The third-order valence-corrected chi connectivity index (χ3v) is 4.90. The molecule has 2 heterocycles. The second kappa shape index (κ2) is 5.95. The number of carbonyl (C=O) groups is 1. The SMILES string of the molecule is O=C(O)C1CC2CCCCC2N1CCCn1ccnc1. The third kappa shape index (κ3) is 2.73. The van der Waals surface area contributed by atoms with Gasteiger partial charge in [0.05, 0.1) is 6.33 Å². The van der Waals surface area contributed by atoms with E-state index in [-0.39, 0.29) is 6.04 Å². The number of nitrogens with zero attached hydrogens (tertiary/aromatic N) is 3. The molecular weight excluding hydrogens is 254 g/mol. The maximum absolute atomic E-state index is 11.5. The number of aromatic nitrogens is 2. The highest BCUT2D eigenvalue weighted by atomic mass is 16.4. The van der Waals surface area contributed by atoms with Crippen molar-refractivity contribution in [1.29, 1.82) is 0 Å². The second-order valence-corrected chi connectivity index (χ2v) is 6.09. The van der Waals surface area contributed by atoms with Crippen molar-refractivity contribution in [3.63, 3.8) is 0 Å². The quantitative estimate of drug-likeness (QED) is 0.894. The van der Waals surface area contributed by atoms with Gasteiger partial charge in [0.25, 0.3) is 0 Å². The Morgan fingerprint density at radius 1 is 1.30 bits per heavy atom. The van der Waals surface area contributed by atoms with Gasteiger partial charge in [-0.05, 0) is 31.6 Å². The van der Waals surface area contributed by atoms with Crippen LogP contribution in [0.4, 0.5) is 0 Å². The highest BCUT2D eigenvalue weighted by Gasteiger charge is 2.44. The number of hydrogen-bond donors (Lipinski definition) is 1. The normalized spacial score (nSPS) is 30.3. The maximum Gasteiger partial charge on any atom is 0.320 e. The molecular formula is C15H23N3O2. The van der Waals surface area contributed by atoms with Crippen LogP contribution >= 0.6 is 0 Å². The molecule has 5 heteroatoms. The largest absolute Gasteiger partial charge is 0.480 e. The molecule has 2 fully saturated rings. The smallest absolute Gasteiger partial charge is 0.320 e. The molecule has 5 nitrogen and oxygen atoms in total. The number of aryl methyl sites for hydroxylation is 1. The number of likely N-dealkylation sites (tertiary alicyclic amines) is 1. The Morgan fingerprint density at radius 2 is 2.15 bits per heavy atom. The monoisotopic (exact) mass is 277 g/mol. The first-order valence-corrected chi connectivity index (χ1v) is 7.70. The Labute approximate surface area is 119 Å². The van der Waals surface area contributed by atoms with Gasteiger partial charge < -0.3 is 9.67 Å². The number of rotatable bonds is 5. The lowest BCUT2D eigenvalue weighted by Gasteiger charge is -2.33. The van der Waals surface area contributed by atoms with Crippen molar-refractivity contribution in [2.24, 2.45) is 5.92 Å².